The fraction of sp³-hybridized carbons (Fsp3) is 0.727. The lowest BCUT2D eigenvalue weighted by molar-refractivity contribution is -0.140. The summed E-state index contributed by atoms with van der Waals surface area (Å²) in [4.78, 5) is 33.6. The first-order valence-electron chi connectivity index (χ1n) is 5.54. The molecule has 0 spiro atoms. The van der Waals surface area contributed by atoms with E-state index in [-0.39, 0.29) is 30.5 Å². The quantitative estimate of drug-likeness (QED) is 0.602. The maximum Gasteiger partial charge on any atom is 0.305 e. The van der Waals surface area contributed by atoms with E-state index in [1.54, 1.807) is 13.8 Å². The van der Waals surface area contributed by atoms with E-state index in [0.29, 0.717) is 6.42 Å². The second-order valence-corrected chi connectivity index (χ2v) is 3.91. The minimum absolute atomic E-state index is 0.122. The Morgan fingerprint density at radius 3 is 2.29 bits per heavy atom. The summed E-state index contributed by atoms with van der Waals surface area (Å²) in [7, 11) is 1.30. The normalized spacial score (nSPS) is 13.6. The van der Waals surface area contributed by atoms with Crippen LogP contribution in [0.2, 0.25) is 0 Å². The molecule has 0 saturated heterocycles. The van der Waals surface area contributed by atoms with Crippen LogP contribution in [-0.2, 0) is 19.1 Å². The second-order valence-electron chi connectivity index (χ2n) is 3.91. The van der Waals surface area contributed by atoms with Gasteiger partial charge < -0.3 is 15.8 Å². The van der Waals surface area contributed by atoms with Crippen molar-refractivity contribution in [3.8, 4) is 0 Å². The van der Waals surface area contributed by atoms with Gasteiger partial charge in [-0.2, -0.15) is 0 Å². The number of nitrogens with one attached hydrogen (secondary N) is 1. The first-order chi connectivity index (χ1) is 7.88. The molecule has 6 heteroatoms. The number of ether oxygens (including phenoxy) is 1. The average Bonchev–Trinajstić information content (AvgIpc) is 2.28. The fourth-order valence-electron chi connectivity index (χ4n) is 1.15. The second kappa shape index (κ2) is 7.78. The van der Waals surface area contributed by atoms with Crippen LogP contribution < -0.4 is 11.1 Å². The van der Waals surface area contributed by atoms with E-state index in [9.17, 15) is 14.4 Å². The molecule has 0 bridgehead atoms. The topological polar surface area (TPSA) is 98.5 Å². The zero-order chi connectivity index (χ0) is 13.4. The number of nitrogens with two attached hydrogens (primary N) is 1. The number of hydrogen-bond donors (Lipinski definition) is 2. The van der Waals surface area contributed by atoms with Crippen molar-refractivity contribution in [1.82, 2.24) is 5.32 Å². The Balaban J connectivity index is 3.90. The third kappa shape index (κ3) is 6.68. The summed E-state index contributed by atoms with van der Waals surface area (Å²) in [5, 5.41) is 2.50. The van der Waals surface area contributed by atoms with Gasteiger partial charge >= 0.3 is 5.97 Å². The molecule has 0 fully saturated rings. The number of methoxy groups -OCH3 is 1. The van der Waals surface area contributed by atoms with Crippen molar-refractivity contribution in [1.29, 1.82) is 0 Å². The molecule has 0 rings (SSSR count). The van der Waals surface area contributed by atoms with Crippen molar-refractivity contribution < 1.29 is 19.1 Å². The first-order valence-corrected chi connectivity index (χ1v) is 5.54. The standard InChI is InChI=1S/C11H20N2O4/c1-7(12)11(16)13-8(2)9(14)5-4-6-10(15)17-3/h7-8H,4-6,12H2,1-3H3,(H,13,16)/t7-,8-/m0/s1. The summed E-state index contributed by atoms with van der Waals surface area (Å²) in [5.74, 6) is -0.827. The number of Topliss-reactive ketones (excluding diaryl/α,β-unsaturated/α-hetero) is 1. The van der Waals surface area contributed by atoms with E-state index in [0.717, 1.165) is 0 Å². The van der Waals surface area contributed by atoms with E-state index in [2.05, 4.69) is 10.1 Å². The average molecular weight is 244 g/mol. The number of esters is 1. The number of carbonyl (C=O) groups is 3. The van der Waals surface area contributed by atoms with E-state index in [1.165, 1.54) is 7.11 Å². The third-order valence-electron chi connectivity index (χ3n) is 2.29. The molecule has 0 radical (unpaired) electrons. The van der Waals surface area contributed by atoms with E-state index in [1.807, 2.05) is 0 Å². The zero-order valence-corrected chi connectivity index (χ0v) is 10.5. The Bertz CT molecular complexity index is 289. The zero-order valence-electron chi connectivity index (χ0n) is 10.5. The van der Waals surface area contributed by atoms with Gasteiger partial charge in [-0.1, -0.05) is 0 Å². The monoisotopic (exact) mass is 244 g/mol. The highest BCUT2D eigenvalue weighted by Crippen LogP contribution is 2.01. The molecule has 3 N–H and O–H groups in total. The molecule has 0 aliphatic carbocycles. The summed E-state index contributed by atoms with van der Waals surface area (Å²) in [6.07, 6.45) is 0.857. The van der Waals surface area contributed by atoms with Crippen LogP contribution in [-0.4, -0.2) is 36.9 Å². The van der Waals surface area contributed by atoms with Crippen molar-refractivity contribution in [2.45, 2.75) is 45.2 Å². The van der Waals surface area contributed by atoms with Gasteiger partial charge in [0.05, 0.1) is 19.2 Å². The smallest absolute Gasteiger partial charge is 0.305 e. The molecule has 0 aromatic carbocycles. The van der Waals surface area contributed by atoms with Crippen molar-refractivity contribution >= 4 is 17.7 Å². The van der Waals surface area contributed by atoms with Gasteiger partial charge in [-0.15, -0.1) is 0 Å². The van der Waals surface area contributed by atoms with Gasteiger partial charge in [0.2, 0.25) is 5.91 Å². The Hall–Kier alpha value is -1.43. The van der Waals surface area contributed by atoms with Crippen LogP contribution >= 0.6 is 0 Å². The maximum atomic E-state index is 11.6. The molecule has 0 saturated carbocycles. The molecule has 98 valence electrons. The lowest BCUT2D eigenvalue weighted by Gasteiger charge is -2.14. The molecule has 0 unspecified atom stereocenters. The highest BCUT2D eigenvalue weighted by Gasteiger charge is 2.17. The Kier molecular flexibility index (Phi) is 7.13. The summed E-state index contributed by atoms with van der Waals surface area (Å²) >= 11 is 0. The number of carbonyl (C=O) groups excluding carboxylic acids is 3. The molecule has 1 amide bonds. The minimum Gasteiger partial charge on any atom is -0.469 e. The predicted molar refractivity (Wildman–Crippen MR) is 62.1 cm³/mol. The lowest BCUT2D eigenvalue weighted by Crippen LogP contribution is -2.45. The molecule has 0 aromatic heterocycles. The summed E-state index contributed by atoms with van der Waals surface area (Å²) in [5.41, 5.74) is 5.36. The van der Waals surface area contributed by atoms with Crippen LogP contribution in [0.25, 0.3) is 0 Å². The SMILES string of the molecule is COC(=O)CCCC(=O)[C@H](C)NC(=O)[C@H](C)N. The van der Waals surface area contributed by atoms with Crippen LogP contribution in [0.5, 0.6) is 0 Å². The van der Waals surface area contributed by atoms with Gasteiger partial charge in [-0.05, 0) is 20.3 Å². The molecule has 0 heterocycles. The van der Waals surface area contributed by atoms with E-state index >= 15 is 0 Å². The van der Waals surface area contributed by atoms with Gasteiger partial charge in [-0.25, -0.2) is 0 Å². The first kappa shape index (κ1) is 15.6. The largest absolute Gasteiger partial charge is 0.469 e. The lowest BCUT2D eigenvalue weighted by atomic mass is 10.1. The molecule has 0 aliphatic rings. The van der Waals surface area contributed by atoms with Gasteiger partial charge in [0.1, 0.15) is 0 Å². The molecular weight excluding hydrogens is 224 g/mol. The van der Waals surface area contributed by atoms with E-state index < -0.39 is 12.1 Å². The third-order valence-corrected chi connectivity index (χ3v) is 2.29. The van der Waals surface area contributed by atoms with Gasteiger partial charge in [-0.3, -0.25) is 14.4 Å². The summed E-state index contributed by atoms with van der Waals surface area (Å²) in [6.45, 7) is 3.14. The molecule has 0 aliphatic heterocycles. The summed E-state index contributed by atoms with van der Waals surface area (Å²) < 4.78 is 4.45. The number of hydrogen-bond acceptors (Lipinski definition) is 5. The van der Waals surface area contributed by atoms with Gasteiger partial charge in [0.25, 0.3) is 0 Å². The highest BCUT2D eigenvalue weighted by atomic mass is 16.5. The maximum absolute atomic E-state index is 11.6. The molecular formula is C11H20N2O4. The van der Waals surface area contributed by atoms with Crippen LogP contribution in [0, 0.1) is 0 Å². The molecule has 0 aromatic rings. The molecule has 2 atom stereocenters. The summed E-state index contributed by atoms with van der Waals surface area (Å²) in [6, 6.07) is -1.22. The van der Waals surface area contributed by atoms with E-state index in [4.69, 9.17) is 5.73 Å². The molecule has 17 heavy (non-hydrogen) atoms. The Morgan fingerprint density at radius 1 is 1.24 bits per heavy atom. The van der Waals surface area contributed by atoms with Crippen molar-refractivity contribution in [2.24, 2.45) is 5.73 Å². The number of ketones is 1. The Labute approximate surface area is 101 Å². The van der Waals surface area contributed by atoms with Crippen LogP contribution in [0.4, 0.5) is 0 Å². The van der Waals surface area contributed by atoms with Crippen LogP contribution in [0.3, 0.4) is 0 Å². The predicted octanol–water partition coefficient (Wildman–Crippen LogP) is -0.249. The number of amides is 1. The van der Waals surface area contributed by atoms with Crippen molar-refractivity contribution in [2.75, 3.05) is 7.11 Å². The van der Waals surface area contributed by atoms with Crippen LogP contribution in [0.15, 0.2) is 0 Å². The van der Waals surface area contributed by atoms with Gasteiger partial charge in [0.15, 0.2) is 5.78 Å². The molecule has 6 nitrogen and oxygen atoms in total. The Morgan fingerprint density at radius 2 is 1.82 bits per heavy atom. The minimum atomic E-state index is -0.639. The highest BCUT2D eigenvalue weighted by molar-refractivity contribution is 5.90. The fourth-order valence-corrected chi connectivity index (χ4v) is 1.15. The van der Waals surface area contributed by atoms with Crippen molar-refractivity contribution in [3.63, 3.8) is 0 Å². The van der Waals surface area contributed by atoms with Crippen molar-refractivity contribution in [3.05, 3.63) is 0 Å². The van der Waals surface area contributed by atoms with Gasteiger partial charge in [0, 0.05) is 12.8 Å². The van der Waals surface area contributed by atoms with Crippen LogP contribution in [0.1, 0.15) is 33.1 Å². The number of rotatable bonds is 7.